The minimum Gasteiger partial charge on any atom is -0.378 e. The van der Waals surface area contributed by atoms with Crippen LogP contribution >= 0.6 is 24.8 Å². The molecule has 0 aliphatic carbocycles. The Morgan fingerprint density at radius 2 is 1.96 bits per heavy atom. The smallest absolute Gasteiger partial charge is 0.256 e. The van der Waals surface area contributed by atoms with E-state index in [2.05, 4.69) is 20.5 Å². The van der Waals surface area contributed by atoms with Crippen LogP contribution < -0.4 is 15.5 Å². The fraction of sp³-hybridized carbons (Fsp3) is 0.625. The highest BCUT2D eigenvalue weighted by Gasteiger charge is 2.39. The lowest BCUT2D eigenvalue weighted by Gasteiger charge is -2.34. The summed E-state index contributed by atoms with van der Waals surface area (Å²) in [6.45, 7) is 4.72. The molecule has 2 aliphatic heterocycles. The van der Waals surface area contributed by atoms with Crippen molar-refractivity contribution in [3.63, 3.8) is 0 Å². The van der Waals surface area contributed by atoms with Crippen LogP contribution in [0.25, 0.3) is 0 Å². The molecule has 0 saturated carbocycles. The van der Waals surface area contributed by atoms with Crippen LogP contribution in [0, 0.1) is 0 Å². The van der Waals surface area contributed by atoms with Crippen LogP contribution in [0.15, 0.2) is 18.3 Å². The van der Waals surface area contributed by atoms with Gasteiger partial charge in [-0.25, -0.2) is 4.98 Å². The van der Waals surface area contributed by atoms with E-state index in [0.717, 1.165) is 45.2 Å². The Morgan fingerprint density at radius 3 is 2.52 bits per heavy atom. The van der Waals surface area contributed by atoms with Gasteiger partial charge in [-0.2, -0.15) is 0 Å². The van der Waals surface area contributed by atoms with E-state index < -0.39 is 5.60 Å². The Hall–Kier alpha value is -1.12. The molecule has 142 valence electrons. The van der Waals surface area contributed by atoms with Gasteiger partial charge in [0.2, 0.25) is 0 Å². The minimum absolute atomic E-state index is 0. The first-order chi connectivity index (χ1) is 11.2. The topological polar surface area (TPSA) is 75.7 Å². The van der Waals surface area contributed by atoms with Crippen LogP contribution in [0.5, 0.6) is 0 Å². The number of ether oxygens (including phenoxy) is 2. The molecule has 25 heavy (non-hydrogen) atoms. The number of methoxy groups -OCH3 is 1. The second kappa shape index (κ2) is 10.1. The molecule has 1 aromatic rings. The third-order valence-corrected chi connectivity index (χ3v) is 4.56. The lowest BCUT2D eigenvalue weighted by molar-refractivity contribution is -0.140. The highest BCUT2D eigenvalue weighted by atomic mass is 35.5. The van der Waals surface area contributed by atoms with E-state index in [4.69, 9.17) is 9.47 Å². The van der Waals surface area contributed by atoms with Gasteiger partial charge in [0.15, 0.2) is 0 Å². The van der Waals surface area contributed by atoms with Crippen molar-refractivity contribution in [2.24, 2.45) is 0 Å². The lowest BCUT2D eigenvalue weighted by Crippen LogP contribution is -2.51. The van der Waals surface area contributed by atoms with E-state index in [0.29, 0.717) is 18.5 Å². The maximum atomic E-state index is 12.6. The van der Waals surface area contributed by atoms with Crippen LogP contribution in [-0.2, 0) is 14.3 Å². The molecule has 0 atom stereocenters. The van der Waals surface area contributed by atoms with E-state index in [1.807, 2.05) is 12.1 Å². The molecule has 1 aromatic heterocycles. The third-order valence-electron chi connectivity index (χ3n) is 4.56. The molecule has 2 saturated heterocycles. The van der Waals surface area contributed by atoms with Gasteiger partial charge in [0.05, 0.1) is 25.1 Å². The van der Waals surface area contributed by atoms with E-state index in [-0.39, 0.29) is 30.7 Å². The van der Waals surface area contributed by atoms with Crippen molar-refractivity contribution in [3.05, 3.63) is 18.3 Å². The summed E-state index contributed by atoms with van der Waals surface area (Å²) in [5, 5.41) is 6.18. The number of piperidine rings is 1. The minimum atomic E-state index is -0.742. The van der Waals surface area contributed by atoms with E-state index in [1.165, 1.54) is 0 Å². The Bertz CT molecular complexity index is 533. The normalized spacial score (nSPS) is 19.3. The van der Waals surface area contributed by atoms with Crippen molar-refractivity contribution in [3.8, 4) is 0 Å². The number of hydrogen-bond acceptors (Lipinski definition) is 6. The Labute approximate surface area is 160 Å². The summed E-state index contributed by atoms with van der Waals surface area (Å²) in [6.07, 6.45) is 3.05. The van der Waals surface area contributed by atoms with Gasteiger partial charge in [-0.15, -0.1) is 24.8 Å². The van der Waals surface area contributed by atoms with Crippen LogP contribution in [0.4, 0.5) is 11.5 Å². The zero-order valence-corrected chi connectivity index (χ0v) is 16.0. The van der Waals surface area contributed by atoms with Crippen molar-refractivity contribution < 1.29 is 14.3 Å². The number of amides is 1. The summed E-state index contributed by atoms with van der Waals surface area (Å²) in [7, 11) is 1.60. The van der Waals surface area contributed by atoms with Gasteiger partial charge in [0.1, 0.15) is 11.4 Å². The van der Waals surface area contributed by atoms with E-state index in [9.17, 15) is 4.79 Å². The zero-order chi connectivity index (χ0) is 16.1. The van der Waals surface area contributed by atoms with E-state index >= 15 is 0 Å². The molecule has 0 aromatic carbocycles. The molecule has 1 amide bonds. The first kappa shape index (κ1) is 21.9. The van der Waals surface area contributed by atoms with Crippen molar-refractivity contribution in [2.45, 2.75) is 18.4 Å². The molecule has 7 nitrogen and oxygen atoms in total. The van der Waals surface area contributed by atoms with Crippen LogP contribution in [0.2, 0.25) is 0 Å². The second-order valence-corrected chi connectivity index (χ2v) is 5.91. The van der Waals surface area contributed by atoms with Crippen molar-refractivity contribution >= 4 is 42.2 Å². The van der Waals surface area contributed by atoms with Crippen molar-refractivity contribution in [1.82, 2.24) is 10.3 Å². The van der Waals surface area contributed by atoms with Gasteiger partial charge in [0, 0.05) is 20.2 Å². The Morgan fingerprint density at radius 1 is 1.28 bits per heavy atom. The predicted molar refractivity (Wildman–Crippen MR) is 102 cm³/mol. The summed E-state index contributed by atoms with van der Waals surface area (Å²) in [6, 6.07) is 3.82. The average molecular weight is 393 g/mol. The number of nitrogens with zero attached hydrogens (tertiary/aromatic N) is 2. The standard InChI is InChI=1S/C16H24N4O3.2ClH/c1-22-16(4-6-17-7-5-16)15(21)19-13-2-3-14(18-12-13)20-8-10-23-11-9-20;;/h2-3,12,17H,4-11H2,1H3,(H,19,21);2*1H. The lowest BCUT2D eigenvalue weighted by atomic mass is 9.91. The molecule has 0 spiro atoms. The molecule has 3 rings (SSSR count). The molecule has 3 heterocycles. The number of pyridine rings is 1. The monoisotopic (exact) mass is 392 g/mol. The van der Waals surface area contributed by atoms with Gasteiger partial charge in [0.25, 0.3) is 5.91 Å². The SMILES string of the molecule is COC1(C(=O)Nc2ccc(N3CCOCC3)nc2)CCNCC1.Cl.Cl. The number of nitrogens with one attached hydrogen (secondary N) is 2. The summed E-state index contributed by atoms with van der Waals surface area (Å²) >= 11 is 0. The molecule has 9 heteroatoms. The van der Waals surface area contributed by atoms with Crippen molar-refractivity contribution in [1.29, 1.82) is 0 Å². The molecule has 0 bridgehead atoms. The highest BCUT2D eigenvalue weighted by molar-refractivity contribution is 5.97. The zero-order valence-electron chi connectivity index (χ0n) is 14.3. The largest absolute Gasteiger partial charge is 0.378 e. The molecule has 0 radical (unpaired) electrons. The van der Waals surface area contributed by atoms with Gasteiger partial charge in [-0.05, 0) is 38.1 Å². The number of carbonyl (C=O) groups is 1. The number of rotatable bonds is 4. The number of carbonyl (C=O) groups excluding carboxylic acids is 1. The molecule has 0 unspecified atom stereocenters. The predicted octanol–water partition coefficient (Wildman–Crippen LogP) is 1.47. The third kappa shape index (κ3) is 5.18. The quantitative estimate of drug-likeness (QED) is 0.807. The maximum absolute atomic E-state index is 12.6. The number of anilines is 2. The second-order valence-electron chi connectivity index (χ2n) is 5.91. The Kier molecular flexibility index (Phi) is 8.88. The van der Waals surface area contributed by atoms with Gasteiger partial charge in [-0.3, -0.25) is 4.79 Å². The van der Waals surface area contributed by atoms with Crippen LogP contribution in [0.1, 0.15) is 12.8 Å². The molecular weight excluding hydrogens is 367 g/mol. The van der Waals surface area contributed by atoms with Crippen LogP contribution in [0.3, 0.4) is 0 Å². The van der Waals surface area contributed by atoms with Crippen LogP contribution in [-0.4, -0.2) is 63.0 Å². The van der Waals surface area contributed by atoms with Gasteiger partial charge < -0.3 is 25.0 Å². The molecule has 2 aliphatic rings. The van der Waals surface area contributed by atoms with E-state index in [1.54, 1.807) is 13.3 Å². The Balaban J connectivity index is 0.00000156. The number of morpholine rings is 1. The van der Waals surface area contributed by atoms with Gasteiger partial charge in [-0.1, -0.05) is 0 Å². The molecule has 2 N–H and O–H groups in total. The first-order valence-corrected chi connectivity index (χ1v) is 8.10. The molecule has 2 fully saturated rings. The summed E-state index contributed by atoms with van der Waals surface area (Å²) < 4.78 is 10.9. The summed E-state index contributed by atoms with van der Waals surface area (Å²) in [4.78, 5) is 19.2. The number of aromatic nitrogens is 1. The first-order valence-electron chi connectivity index (χ1n) is 8.10. The average Bonchev–Trinajstić information content (AvgIpc) is 2.63. The fourth-order valence-electron chi connectivity index (χ4n) is 3.04. The number of halogens is 2. The summed E-state index contributed by atoms with van der Waals surface area (Å²) in [5.41, 5.74) is -0.0457. The highest BCUT2D eigenvalue weighted by Crippen LogP contribution is 2.25. The summed E-state index contributed by atoms with van der Waals surface area (Å²) in [5.74, 6) is 0.817. The molecular formula is C16H26Cl2N4O3. The maximum Gasteiger partial charge on any atom is 0.256 e. The fourth-order valence-corrected chi connectivity index (χ4v) is 3.04. The van der Waals surface area contributed by atoms with Crippen molar-refractivity contribution in [2.75, 3.05) is 56.7 Å². The van der Waals surface area contributed by atoms with Gasteiger partial charge >= 0.3 is 0 Å². The number of hydrogen-bond donors (Lipinski definition) is 2.